The van der Waals surface area contributed by atoms with Crippen LogP contribution in [0.25, 0.3) is 0 Å². The Balaban J connectivity index is 1.37. The van der Waals surface area contributed by atoms with Crippen molar-refractivity contribution in [2.75, 3.05) is 41.3 Å². The van der Waals surface area contributed by atoms with Crippen LogP contribution in [0.15, 0.2) is 47.8 Å². The Kier molecular flexibility index (Phi) is 4.13. The topological polar surface area (TPSA) is 99.4 Å². The Labute approximate surface area is 161 Å². The molecule has 142 valence electrons. The highest BCUT2D eigenvalue weighted by molar-refractivity contribution is 6.13. The van der Waals surface area contributed by atoms with Crippen molar-refractivity contribution >= 4 is 28.9 Å². The summed E-state index contributed by atoms with van der Waals surface area (Å²) in [7, 11) is 0. The van der Waals surface area contributed by atoms with E-state index in [1.807, 2.05) is 18.3 Å². The summed E-state index contributed by atoms with van der Waals surface area (Å²) in [6, 6.07) is 3.96. The lowest BCUT2D eigenvalue weighted by molar-refractivity contribution is 0.0996. The number of hydrogen-bond donors (Lipinski definition) is 2. The Morgan fingerprint density at radius 3 is 2.75 bits per heavy atom. The molecule has 0 spiro atoms. The first-order chi connectivity index (χ1) is 13.8. The zero-order chi connectivity index (χ0) is 18.9. The summed E-state index contributed by atoms with van der Waals surface area (Å²) in [5, 5.41) is 6.58. The van der Waals surface area contributed by atoms with E-state index >= 15 is 0 Å². The number of fused-ring (bicyclic) bond motifs is 1. The smallest absolute Gasteiger partial charge is 0.262 e. The van der Waals surface area contributed by atoms with Gasteiger partial charge < -0.3 is 20.0 Å². The van der Waals surface area contributed by atoms with Crippen molar-refractivity contribution in [2.45, 2.75) is 6.54 Å². The normalized spacial score (nSPS) is 16.4. The average Bonchev–Trinajstić information content (AvgIpc) is 3.38. The van der Waals surface area contributed by atoms with Crippen molar-refractivity contribution in [1.29, 1.82) is 0 Å². The van der Waals surface area contributed by atoms with Gasteiger partial charge in [0, 0.05) is 37.9 Å². The molecule has 9 nitrogen and oxygen atoms in total. The van der Waals surface area contributed by atoms with Gasteiger partial charge in [-0.1, -0.05) is 0 Å². The van der Waals surface area contributed by atoms with Gasteiger partial charge in [0.2, 0.25) is 0 Å². The van der Waals surface area contributed by atoms with E-state index in [0.29, 0.717) is 29.4 Å². The number of hydrogen-bond acceptors (Lipinski definition) is 8. The Morgan fingerprint density at radius 1 is 1.11 bits per heavy atom. The number of carbonyl (C=O) groups excluding carboxylic acids is 1. The highest BCUT2D eigenvalue weighted by Crippen LogP contribution is 2.32. The summed E-state index contributed by atoms with van der Waals surface area (Å²) >= 11 is 0. The Bertz CT molecular complexity index is 982. The van der Waals surface area contributed by atoms with Gasteiger partial charge in [0.15, 0.2) is 12.2 Å². The second-order valence-corrected chi connectivity index (χ2v) is 6.72. The van der Waals surface area contributed by atoms with E-state index < -0.39 is 0 Å². The van der Waals surface area contributed by atoms with Crippen molar-refractivity contribution < 1.29 is 9.21 Å². The number of oxazole rings is 1. The minimum absolute atomic E-state index is 0.133. The highest BCUT2D eigenvalue weighted by Gasteiger charge is 2.32. The maximum atomic E-state index is 12.9. The molecule has 0 saturated carbocycles. The molecule has 2 N–H and O–H groups in total. The second kappa shape index (κ2) is 6.93. The third kappa shape index (κ3) is 2.95. The average molecular weight is 377 g/mol. The van der Waals surface area contributed by atoms with Gasteiger partial charge in [0.1, 0.15) is 12.1 Å². The monoisotopic (exact) mass is 377 g/mol. The van der Waals surface area contributed by atoms with Crippen LogP contribution in [-0.2, 0) is 6.54 Å². The molecule has 2 aliphatic heterocycles. The lowest BCUT2D eigenvalue weighted by atomic mass is 10.1. The van der Waals surface area contributed by atoms with E-state index in [1.54, 1.807) is 17.3 Å². The van der Waals surface area contributed by atoms with E-state index in [2.05, 4.69) is 30.5 Å². The Hall–Kier alpha value is -3.46. The van der Waals surface area contributed by atoms with E-state index in [9.17, 15) is 4.79 Å². The van der Waals surface area contributed by atoms with Crippen molar-refractivity contribution in [3.05, 3.63) is 54.5 Å². The Morgan fingerprint density at radius 2 is 2.00 bits per heavy atom. The first kappa shape index (κ1) is 16.7. The minimum atomic E-state index is -0.133. The number of piperazine rings is 1. The first-order valence-corrected chi connectivity index (χ1v) is 9.15. The van der Waals surface area contributed by atoms with E-state index in [-0.39, 0.29) is 5.91 Å². The molecule has 1 saturated heterocycles. The number of carbonyl (C=O) groups is 1. The standard InChI is InChI=1S/C19H19N7O2/c27-19-18-13(10-26(19)17-11-28-12-23-17)7-21-9-15(18)24-16-2-1-14(8-22-16)25-5-3-20-4-6-25/h1-2,7-9,11-12,20H,3-6,10H2,(H,22,24). The predicted molar refractivity (Wildman–Crippen MR) is 104 cm³/mol. The molecule has 5 rings (SSSR count). The van der Waals surface area contributed by atoms with Crippen LogP contribution in [0.4, 0.5) is 23.0 Å². The number of rotatable bonds is 4. The zero-order valence-electron chi connectivity index (χ0n) is 15.1. The molecule has 0 radical (unpaired) electrons. The van der Waals surface area contributed by atoms with Gasteiger partial charge in [0.25, 0.3) is 5.91 Å². The highest BCUT2D eigenvalue weighted by atomic mass is 16.3. The van der Waals surface area contributed by atoms with Crippen LogP contribution < -0.4 is 20.4 Å². The summed E-state index contributed by atoms with van der Waals surface area (Å²) in [5.74, 6) is 1.03. The first-order valence-electron chi connectivity index (χ1n) is 9.15. The van der Waals surface area contributed by atoms with Gasteiger partial charge in [-0.25, -0.2) is 4.98 Å². The van der Waals surface area contributed by atoms with Crippen molar-refractivity contribution in [3.63, 3.8) is 0 Å². The summed E-state index contributed by atoms with van der Waals surface area (Å²) in [6.07, 6.45) is 7.98. The summed E-state index contributed by atoms with van der Waals surface area (Å²) in [6.45, 7) is 4.31. The molecule has 5 heterocycles. The van der Waals surface area contributed by atoms with Crippen LogP contribution in [0.5, 0.6) is 0 Å². The van der Waals surface area contributed by atoms with Gasteiger partial charge in [-0.3, -0.25) is 14.7 Å². The lowest BCUT2D eigenvalue weighted by Gasteiger charge is -2.29. The number of aromatic nitrogens is 3. The van der Waals surface area contributed by atoms with Crippen LogP contribution >= 0.6 is 0 Å². The number of amides is 1. The summed E-state index contributed by atoms with van der Waals surface area (Å²) in [5.41, 5.74) is 3.16. The molecule has 0 bridgehead atoms. The summed E-state index contributed by atoms with van der Waals surface area (Å²) < 4.78 is 5.01. The molecular weight excluding hydrogens is 358 g/mol. The number of nitrogens with zero attached hydrogens (tertiary/aromatic N) is 5. The fraction of sp³-hybridized carbons (Fsp3) is 0.263. The molecule has 1 fully saturated rings. The fourth-order valence-corrected chi connectivity index (χ4v) is 3.58. The quantitative estimate of drug-likeness (QED) is 0.710. The van der Waals surface area contributed by atoms with Crippen molar-refractivity contribution in [3.8, 4) is 0 Å². The van der Waals surface area contributed by atoms with Gasteiger partial charge in [-0.2, -0.15) is 4.98 Å². The molecule has 0 aromatic carbocycles. The molecule has 28 heavy (non-hydrogen) atoms. The molecule has 0 unspecified atom stereocenters. The van der Waals surface area contributed by atoms with Crippen molar-refractivity contribution in [2.24, 2.45) is 0 Å². The number of nitrogens with one attached hydrogen (secondary N) is 2. The maximum Gasteiger partial charge on any atom is 0.262 e. The number of pyridine rings is 2. The van der Waals surface area contributed by atoms with Gasteiger partial charge in [-0.05, 0) is 12.1 Å². The fourth-order valence-electron chi connectivity index (χ4n) is 3.58. The minimum Gasteiger partial charge on any atom is -0.449 e. The second-order valence-electron chi connectivity index (χ2n) is 6.72. The molecule has 2 aliphatic rings. The molecule has 1 amide bonds. The molecule has 0 aliphatic carbocycles. The maximum absolute atomic E-state index is 12.9. The van der Waals surface area contributed by atoms with E-state index in [0.717, 1.165) is 37.4 Å². The lowest BCUT2D eigenvalue weighted by Crippen LogP contribution is -2.43. The van der Waals surface area contributed by atoms with Crippen LogP contribution in [-0.4, -0.2) is 47.0 Å². The third-order valence-corrected chi connectivity index (χ3v) is 5.00. The SMILES string of the molecule is O=C1c2c(cncc2Nc2ccc(N3CCNCC3)cn2)CN1c1cocn1. The summed E-state index contributed by atoms with van der Waals surface area (Å²) in [4.78, 5) is 29.6. The number of anilines is 4. The van der Waals surface area contributed by atoms with Gasteiger partial charge >= 0.3 is 0 Å². The van der Waals surface area contributed by atoms with Gasteiger partial charge in [-0.15, -0.1) is 0 Å². The molecule has 9 heteroatoms. The zero-order valence-corrected chi connectivity index (χ0v) is 15.1. The van der Waals surface area contributed by atoms with Crippen molar-refractivity contribution in [1.82, 2.24) is 20.3 Å². The van der Waals surface area contributed by atoms with E-state index in [1.165, 1.54) is 12.7 Å². The third-order valence-electron chi connectivity index (χ3n) is 5.00. The molecule has 0 atom stereocenters. The van der Waals surface area contributed by atoms with Crippen LogP contribution in [0.3, 0.4) is 0 Å². The molecule has 3 aromatic rings. The van der Waals surface area contributed by atoms with Crippen LogP contribution in [0.2, 0.25) is 0 Å². The molecular formula is C19H19N7O2. The largest absolute Gasteiger partial charge is 0.449 e. The van der Waals surface area contributed by atoms with Gasteiger partial charge in [0.05, 0.1) is 35.9 Å². The van der Waals surface area contributed by atoms with E-state index in [4.69, 9.17) is 4.42 Å². The van der Waals surface area contributed by atoms with Crippen LogP contribution in [0.1, 0.15) is 15.9 Å². The predicted octanol–water partition coefficient (Wildman–Crippen LogP) is 1.78. The molecule has 3 aromatic heterocycles. The van der Waals surface area contributed by atoms with Crippen LogP contribution in [0, 0.1) is 0 Å².